The number of oxazole rings is 2. The van der Waals surface area contributed by atoms with Gasteiger partial charge in [-0.15, -0.1) is 12.4 Å². The van der Waals surface area contributed by atoms with Gasteiger partial charge in [-0.2, -0.15) is 0 Å². The number of halogens is 1. The predicted octanol–water partition coefficient (Wildman–Crippen LogP) is 1.25. The van der Waals surface area contributed by atoms with E-state index in [1.165, 1.54) is 6.26 Å². The summed E-state index contributed by atoms with van der Waals surface area (Å²) in [6.45, 7) is 2.58. The van der Waals surface area contributed by atoms with E-state index in [0.717, 1.165) is 30.4 Å². The van der Waals surface area contributed by atoms with Crippen molar-refractivity contribution in [2.24, 2.45) is 5.73 Å². The first-order chi connectivity index (χ1) is 11.2. The van der Waals surface area contributed by atoms with Crippen molar-refractivity contribution < 1.29 is 18.4 Å². The lowest BCUT2D eigenvalue weighted by atomic mass is 10.1. The van der Waals surface area contributed by atoms with Crippen LogP contribution in [0.4, 0.5) is 0 Å². The van der Waals surface area contributed by atoms with Crippen LogP contribution >= 0.6 is 12.4 Å². The van der Waals surface area contributed by atoms with Crippen LogP contribution in [0.2, 0.25) is 0 Å². The number of amides is 1. The van der Waals surface area contributed by atoms with Gasteiger partial charge in [0.25, 0.3) is 5.91 Å². The number of carbonyl (C=O) groups excluding carboxylic acids is 1. The number of nitrogens with two attached hydrogens (primary N) is 1. The highest BCUT2D eigenvalue weighted by atomic mass is 35.5. The number of nitrogens with zero attached hydrogens (tertiary/aromatic N) is 3. The van der Waals surface area contributed by atoms with Gasteiger partial charge >= 0.3 is 0 Å². The first-order valence-corrected chi connectivity index (χ1v) is 7.74. The second-order valence-electron chi connectivity index (χ2n) is 5.79. The third kappa shape index (κ3) is 3.04. The predicted molar refractivity (Wildman–Crippen MR) is 84.8 cm³/mol. The molecular weight excluding hydrogens is 336 g/mol. The molecule has 1 fully saturated rings. The Morgan fingerprint density at radius 3 is 3.00 bits per heavy atom. The Bertz CT molecular complexity index is 723. The van der Waals surface area contributed by atoms with Crippen LogP contribution in [0.1, 0.15) is 46.1 Å². The second kappa shape index (κ2) is 6.92. The average molecular weight is 355 g/mol. The fourth-order valence-electron chi connectivity index (χ4n) is 2.96. The van der Waals surface area contributed by atoms with E-state index in [4.69, 9.17) is 19.3 Å². The SMILES string of the molecule is Cl.NCc1nc(C(=O)N2CCc3oc(C4CCOC4)nc3C2)co1. The van der Waals surface area contributed by atoms with E-state index in [1.54, 1.807) is 4.90 Å². The first kappa shape index (κ1) is 16.9. The fraction of sp³-hybridized carbons (Fsp3) is 0.533. The molecule has 2 N–H and O–H groups in total. The van der Waals surface area contributed by atoms with Gasteiger partial charge in [-0.05, 0) is 6.42 Å². The summed E-state index contributed by atoms with van der Waals surface area (Å²) in [6, 6.07) is 0. The van der Waals surface area contributed by atoms with E-state index in [-0.39, 0.29) is 36.5 Å². The highest BCUT2D eigenvalue weighted by Crippen LogP contribution is 2.29. The van der Waals surface area contributed by atoms with Gasteiger partial charge in [-0.1, -0.05) is 0 Å². The van der Waals surface area contributed by atoms with Crippen molar-refractivity contribution in [2.45, 2.75) is 31.8 Å². The molecule has 0 aromatic carbocycles. The minimum atomic E-state index is -0.173. The zero-order valence-electron chi connectivity index (χ0n) is 13.1. The average Bonchev–Trinajstić information content (AvgIpc) is 3.32. The molecule has 2 aromatic rings. The minimum absolute atomic E-state index is 0. The molecule has 1 unspecified atom stereocenters. The molecule has 0 spiro atoms. The van der Waals surface area contributed by atoms with E-state index >= 15 is 0 Å². The van der Waals surface area contributed by atoms with Gasteiger partial charge in [0, 0.05) is 19.6 Å². The molecule has 8 nitrogen and oxygen atoms in total. The van der Waals surface area contributed by atoms with Gasteiger partial charge < -0.3 is 24.2 Å². The van der Waals surface area contributed by atoms with Gasteiger partial charge in [0.1, 0.15) is 17.7 Å². The number of rotatable bonds is 3. The van der Waals surface area contributed by atoms with Crippen molar-refractivity contribution in [1.82, 2.24) is 14.9 Å². The zero-order chi connectivity index (χ0) is 15.8. The third-order valence-electron chi connectivity index (χ3n) is 4.26. The van der Waals surface area contributed by atoms with Gasteiger partial charge in [0.15, 0.2) is 11.6 Å². The summed E-state index contributed by atoms with van der Waals surface area (Å²) in [5.74, 6) is 2.02. The van der Waals surface area contributed by atoms with E-state index in [0.29, 0.717) is 32.0 Å². The van der Waals surface area contributed by atoms with Crippen LogP contribution in [0.25, 0.3) is 0 Å². The first-order valence-electron chi connectivity index (χ1n) is 7.74. The van der Waals surface area contributed by atoms with Crippen LogP contribution in [0.15, 0.2) is 15.1 Å². The van der Waals surface area contributed by atoms with Crippen LogP contribution in [0, 0.1) is 0 Å². The molecule has 1 atom stereocenters. The molecule has 0 radical (unpaired) electrons. The van der Waals surface area contributed by atoms with Crippen molar-refractivity contribution >= 4 is 18.3 Å². The maximum absolute atomic E-state index is 12.5. The number of ether oxygens (including phenoxy) is 1. The van der Waals surface area contributed by atoms with Crippen molar-refractivity contribution in [3.8, 4) is 0 Å². The number of aromatic nitrogens is 2. The Kier molecular flexibility index (Phi) is 4.88. The summed E-state index contributed by atoms with van der Waals surface area (Å²) in [4.78, 5) is 22.9. The molecule has 2 aliphatic heterocycles. The largest absolute Gasteiger partial charge is 0.447 e. The third-order valence-corrected chi connectivity index (χ3v) is 4.26. The molecule has 4 heterocycles. The zero-order valence-corrected chi connectivity index (χ0v) is 13.9. The molecule has 1 amide bonds. The topological polar surface area (TPSA) is 108 Å². The van der Waals surface area contributed by atoms with Crippen LogP contribution in [0.3, 0.4) is 0 Å². The molecule has 0 aliphatic carbocycles. The molecule has 130 valence electrons. The smallest absolute Gasteiger partial charge is 0.276 e. The summed E-state index contributed by atoms with van der Waals surface area (Å²) in [7, 11) is 0. The van der Waals surface area contributed by atoms with Crippen LogP contribution < -0.4 is 5.73 Å². The lowest BCUT2D eigenvalue weighted by molar-refractivity contribution is 0.0721. The quantitative estimate of drug-likeness (QED) is 0.883. The monoisotopic (exact) mass is 354 g/mol. The Hall–Kier alpha value is -1.90. The van der Waals surface area contributed by atoms with Crippen LogP contribution in [-0.2, 0) is 24.2 Å². The molecule has 2 aromatic heterocycles. The Morgan fingerprint density at radius 2 is 2.29 bits per heavy atom. The summed E-state index contributed by atoms with van der Waals surface area (Å²) < 4.78 is 16.4. The van der Waals surface area contributed by atoms with Gasteiger partial charge in [-0.3, -0.25) is 4.79 Å². The fourth-order valence-corrected chi connectivity index (χ4v) is 2.96. The second-order valence-corrected chi connectivity index (χ2v) is 5.79. The molecule has 9 heteroatoms. The molecule has 0 saturated carbocycles. The van der Waals surface area contributed by atoms with E-state index in [1.807, 2.05) is 0 Å². The molecule has 0 bridgehead atoms. The standard InChI is InChI=1S/C15H18N4O4.ClH/c16-5-13-17-11(8-22-13)15(20)19-3-1-12-10(6-19)18-14(23-12)9-2-4-21-7-9;/h8-9H,1-7,16H2;1H. The van der Waals surface area contributed by atoms with Gasteiger partial charge in [0.2, 0.25) is 5.89 Å². The van der Waals surface area contributed by atoms with E-state index < -0.39 is 0 Å². The van der Waals surface area contributed by atoms with Gasteiger partial charge in [-0.25, -0.2) is 9.97 Å². The molecule has 24 heavy (non-hydrogen) atoms. The number of hydrogen-bond acceptors (Lipinski definition) is 7. The van der Waals surface area contributed by atoms with Crippen LogP contribution in [0.5, 0.6) is 0 Å². The highest BCUT2D eigenvalue weighted by Gasteiger charge is 2.30. The lowest BCUT2D eigenvalue weighted by Crippen LogP contribution is -2.36. The van der Waals surface area contributed by atoms with Crippen molar-refractivity contribution in [3.05, 3.63) is 35.2 Å². The summed E-state index contributed by atoms with van der Waals surface area (Å²) in [5, 5.41) is 0. The molecule has 1 saturated heterocycles. The Balaban J connectivity index is 0.00000169. The van der Waals surface area contributed by atoms with Crippen molar-refractivity contribution in [3.63, 3.8) is 0 Å². The molecule has 4 rings (SSSR count). The highest BCUT2D eigenvalue weighted by molar-refractivity contribution is 5.92. The summed E-state index contributed by atoms with van der Waals surface area (Å²) in [5.41, 5.74) is 6.56. The van der Waals surface area contributed by atoms with Crippen molar-refractivity contribution in [2.75, 3.05) is 19.8 Å². The Morgan fingerprint density at radius 1 is 1.42 bits per heavy atom. The van der Waals surface area contributed by atoms with E-state index in [9.17, 15) is 4.79 Å². The lowest BCUT2D eigenvalue weighted by Gasteiger charge is -2.24. The van der Waals surface area contributed by atoms with Crippen LogP contribution in [-0.4, -0.2) is 40.5 Å². The normalized spacial score (nSPS) is 19.9. The number of carbonyl (C=O) groups is 1. The van der Waals surface area contributed by atoms with E-state index in [2.05, 4.69) is 9.97 Å². The van der Waals surface area contributed by atoms with Crippen molar-refractivity contribution in [1.29, 1.82) is 0 Å². The molecule has 2 aliphatic rings. The van der Waals surface area contributed by atoms with Gasteiger partial charge in [0.05, 0.1) is 25.6 Å². The maximum Gasteiger partial charge on any atom is 0.276 e. The summed E-state index contributed by atoms with van der Waals surface area (Å²) in [6.07, 6.45) is 2.94. The molecular formula is C15H19ClN4O4. The number of hydrogen-bond donors (Lipinski definition) is 1. The maximum atomic E-state index is 12.5. The minimum Gasteiger partial charge on any atom is -0.447 e. The number of fused-ring (bicyclic) bond motifs is 1. The summed E-state index contributed by atoms with van der Waals surface area (Å²) >= 11 is 0. The Labute approximate surface area is 144 Å².